The van der Waals surface area contributed by atoms with E-state index in [0.717, 1.165) is 110 Å². The second-order valence-corrected chi connectivity index (χ2v) is 14.2. The van der Waals surface area contributed by atoms with Gasteiger partial charge < -0.3 is 18.0 Å². The van der Waals surface area contributed by atoms with Crippen LogP contribution in [0.3, 0.4) is 0 Å². The lowest BCUT2D eigenvalue weighted by Crippen LogP contribution is -1.99. The minimum absolute atomic E-state index is 0.543. The Bertz CT molecular complexity index is 3500. The first-order valence-corrected chi connectivity index (χ1v) is 18.4. The Hall–Kier alpha value is -8.06. The zero-order valence-corrected chi connectivity index (χ0v) is 29.6. The van der Waals surface area contributed by atoms with E-state index in [1.165, 1.54) is 0 Å². The second kappa shape index (κ2) is 11.2. The van der Waals surface area contributed by atoms with Gasteiger partial charge in [0.2, 0.25) is 5.69 Å². The third kappa shape index (κ3) is 4.02. The standard InChI is InChI=1S/C50H26N4O2/c1-52-36-21-20-30(27-42(36)54-38-15-7-3-11-33(38)48-40(54)23-25-46-50(48)35-13-5-9-17-44(35)56-46)29-18-19-31(28-51)41(26-29)53-37-14-6-2-10-32(37)47-39(53)22-24-45-49(47)34-12-4-8-16-43(34)55-45/h2-27H. The predicted octanol–water partition coefficient (Wildman–Crippen LogP) is 13.8. The molecule has 0 amide bonds. The van der Waals surface area contributed by atoms with Crippen LogP contribution in [0.15, 0.2) is 167 Å². The molecular weight excluding hydrogens is 689 g/mol. The summed E-state index contributed by atoms with van der Waals surface area (Å²) in [4.78, 5) is 4.03. The molecule has 6 heteroatoms. The van der Waals surface area contributed by atoms with E-state index in [0.29, 0.717) is 11.3 Å². The summed E-state index contributed by atoms with van der Waals surface area (Å²) >= 11 is 0. The Labute approximate surface area is 318 Å². The largest absolute Gasteiger partial charge is 0.456 e. The first-order chi connectivity index (χ1) is 27.7. The van der Waals surface area contributed by atoms with Gasteiger partial charge in [0, 0.05) is 43.1 Å². The molecule has 0 aliphatic carbocycles. The number of nitrogens with zero attached hydrogens (tertiary/aromatic N) is 4. The van der Waals surface area contributed by atoms with Crippen molar-refractivity contribution in [1.82, 2.24) is 9.13 Å². The molecule has 0 bridgehead atoms. The van der Waals surface area contributed by atoms with Crippen LogP contribution in [0, 0.1) is 17.9 Å². The van der Waals surface area contributed by atoms with Gasteiger partial charge in [-0.05, 0) is 77.9 Å². The van der Waals surface area contributed by atoms with E-state index in [4.69, 9.17) is 15.4 Å². The predicted molar refractivity (Wildman–Crippen MR) is 226 cm³/mol. The van der Waals surface area contributed by atoms with Crippen LogP contribution in [0.25, 0.3) is 115 Å². The van der Waals surface area contributed by atoms with E-state index in [2.05, 4.69) is 92.8 Å². The van der Waals surface area contributed by atoms with Gasteiger partial charge >= 0.3 is 0 Å². The molecule has 4 heterocycles. The molecule has 0 N–H and O–H groups in total. The molecule has 12 aromatic rings. The molecule has 0 spiro atoms. The van der Waals surface area contributed by atoms with Crippen LogP contribution in [0.5, 0.6) is 0 Å². The highest BCUT2D eigenvalue weighted by molar-refractivity contribution is 6.28. The molecule has 0 saturated carbocycles. The number of fused-ring (bicyclic) bond motifs is 14. The van der Waals surface area contributed by atoms with Crippen molar-refractivity contribution >= 4 is 93.2 Å². The fraction of sp³-hybridized carbons (Fsp3) is 0. The van der Waals surface area contributed by atoms with Crippen molar-refractivity contribution < 1.29 is 8.83 Å². The molecule has 0 atom stereocenters. The second-order valence-electron chi connectivity index (χ2n) is 14.2. The number of hydrogen-bond acceptors (Lipinski definition) is 3. The van der Waals surface area contributed by atoms with E-state index in [1.807, 2.05) is 84.9 Å². The molecule has 4 aromatic heterocycles. The number of nitriles is 1. The molecule has 12 rings (SSSR count). The lowest BCUT2D eigenvalue weighted by molar-refractivity contribution is 0.669. The van der Waals surface area contributed by atoms with Gasteiger partial charge in [0.15, 0.2) is 0 Å². The van der Waals surface area contributed by atoms with Crippen LogP contribution in [-0.4, -0.2) is 9.13 Å². The van der Waals surface area contributed by atoms with Gasteiger partial charge in [0.1, 0.15) is 28.4 Å². The molecule has 258 valence electrons. The Morgan fingerprint density at radius 3 is 1.48 bits per heavy atom. The highest BCUT2D eigenvalue weighted by atomic mass is 16.3. The number of furan rings is 2. The summed E-state index contributed by atoms with van der Waals surface area (Å²) < 4.78 is 17.0. The number of rotatable bonds is 3. The Balaban J connectivity index is 1.11. The highest BCUT2D eigenvalue weighted by Gasteiger charge is 2.23. The molecular formula is C50H26N4O2. The average Bonchev–Trinajstić information content (AvgIpc) is 4.00. The van der Waals surface area contributed by atoms with E-state index in [-0.39, 0.29) is 0 Å². The highest BCUT2D eigenvalue weighted by Crippen LogP contribution is 2.45. The topological polar surface area (TPSA) is 64.3 Å². The summed E-state index contributed by atoms with van der Waals surface area (Å²) in [6.45, 7) is 8.27. The maximum absolute atomic E-state index is 10.5. The van der Waals surface area contributed by atoms with E-state index >= 15 is 0 Å². The molecule has 0 fully saturated rings. The smallest absolute Gasteiger partial charge is 0.210 e. The molecule has 0 saturated heterocycles. The summed E-state index contributed by atoms with van der Waals surface area (Å²) in [5.41, 5.74) is 11.9. The molecule has 0 aliphatic rings. The van der Waals surface area contributed by atoms with Crippen LogP contribution in [0.2, 0.25) is 0 Å². The maximum atomic E-state index is 10.5. The van der Waals surface area contributed by atoms with Gasteiger partial charge in [0.05, 0.1) is 45.6 Å². The summed E-state index contributed by atoms with van der Waals surface area (Å²) in [5, 5.41) is 19.2. The third-order valence-electron chi connectivity index (χ3n) is 11.4. The fourth-order valence-electron chi connectivity index (χ4n) is 9.04. The molecule has 56 heavy (non-hydrogen) atoms. The van der Waals surface area contributed by atoms with Gasteiger partial charge in [0.25, 0.3) is 0 Å². The van der Waals surface area contributed by atoms with Crippen molar-refractivity contribution in [2.45, 2.75) is 0 Å². The first-order valence-electron chi connectivity index (χ1n) is 18.4. The van der Waals surface area contributed by atoms with Crippen LogP contribution in [0.4, 0.5) is 5.69 Å². The van der Waals surface area contributed by atoms with Gasteiger partial charge in [-0.1, -0.05) is 91.0 Å². The van der Waals surface area contributed by atoms with Crippen molar-refractivity contribution in [3.8, 4) is 28.6 Å². The van der Waals surface area contributed by atoms with Crippen molar-refractivity contribution in [3.63, 3.8) is 0 Å². The minimum atomic E-state index is 0.543. The number of para-hydroxylation sites is 4. The van der Waals surface area contributed by atoms with Crippen molar-refractivity contribution in [1.29, 1.82) is 5.26 Å². The van der Waals surface area contributed by atoms with Crippen LogP contribution in [0.1, 0.15) is 5.56 Å². The zero-order chi connectivity index (χ0) is 37.1. The van der Waals surface area contributed by atoms with Gasteiger partial charge in [-0.15, -0.1) is 0 Å². The molecule has 8 aromatic carbocycles. The van der Waals surface area contributed by atoms with Crippen LogP contribution < -0.4 is 0 Å². The quantitative estimate of drug-likeness (QED) is 0.171. The molecule has 0 unspecified atom stereocenters. The lowest BCUT2D eigenvalue weighted by Gasteiger charge is -2.15. The SMILES string of the molecule is [C-]#[N+]c1ccc(-c2ccc(C#N)c(-n3c4ccccc4c4c5c(ccc43)oc3ccccc35)c2)cc1-n1c2ccccc2c2c3c(ccc21)oc1ccccc13. The van der Waals surface area contributed by atoms with Crippen LogP contribution >= 0.6 is 0 Å². The van der Waals surface area contributed by atoms with E-state index in [9.17, 15) is 5.26 Å². The van der Waals surface area contributed by atoms with E-state index < -0.39 is 0 Å². The number of hydrogen-bond donors (Lipinski definition) is 0. The van der Waals surface area contributed by atoms with Crippen molar-refractivity contribution in [2.24, 2.45) is 0 Å². The molecule has 0 aliphatic heterocycles. The number of aromatic nitrogens is 2. The summed E-state index contributed by atoms with van der Waals surface area (Å²) in [7, 11) is 0. The normalized spacial score (nSPS) is 11.9. The van der Waals surface area contributed by atoms with Gasteiger partial charge in [-0.2, -0.15) is 5.26 Å². The fourth-order valence-corrected chi connectivity index (χ4v) is 9.04. The monoisotopic (exact) mass is 714 g/mol. The number of benzene rings is 8. The first kappa shape index (κ1) is 30.4. The van der Waals surface area contributed by atoms with Gasteiger partial charge in [-0.25, -0.2) is 4.85 Å². The molecule has 6 nitrogen and oxygen atoms in total. The van der Waals surface area contributed by atoms with Crippen molar-refractivity contribution in [2.75, 3.05) is 0 Å². The van der Waals surface area contributed by atoms with Crippen molar-refractivity contribution in [3.05, 3.63) is 175 Å². The van der Waals surface area contributed by atoms with Gasteiger partial charge in [-0.3, -0.25) is 0 Å². The third-order valence-corrected chi connectivity index (χ3v) is 11.4. The Kier molecular flexibility index (Phi) is 6.10. The minimum Gasteiger partial charge on any atom is -0.456 e. The Morgan fingerprint density at radius 1 is 0.446 bits per heavy atom. The Morgan fingerprint density at radius 2 is 0.929 bits per heavy atom. The average molecular weight is 715 g/mol. The zero-order valence-electron chi connectivity index (χ0n) is 29.6. The van der Waals surface area contributed by atoms with Crippen LogP contribution in [-0.2, 0) is 0 Å². The summed E-state index contributed by atoms with van der Waals surface area (Å²) in [5.74, 6) is 0. The summed E-state index contributed by atoms with van der Waals surface area (Å²) in [6, 6.07) is 55.8. The van der Waals surface area contributed by atoms with E-state index in [1.54, 1.807) is 0 Å². The molecule has 0 radical (unpaired) electrons. The maximum Gasteiger partial charge on any atom is 0.210 e. The lowest BCUT2D eigenvalue weighted by atomic mass is 10.0. The summed E-state index contributed by atoms with van der Waals surface area (Å²) in [6.07, 6.45) is 0.